The fourth-order valence-electron chi connectivity index (χ4n) is 1.70. The largest absolute Gasteiger partial charge is 0.373 e. The van der Waals surface area contributed by atoms with Crippen molar-refractivity contribution in [2.45, 2.75) is 0 Å². The van der Waals surface area contributed by atoms with Gasteiger partial charge in [0.1, 0.15) is 11.6 Å². The molecule has 20 heavy (non-hydrogen) atoms. The van der Waals surface area contributed by atoms with Crippen molar-refractivity contribution in [1.82, 2.24) is 4.98 Å². The zero-order chi connectivity index (χ0) is 14.7. The number of pyridine rings is 1. The molecule has 0 aliphatic carbocycles. The van der Waals surface area contributed by atoms with Gasteiger partial charge >= 0.3 is 0 Å². The molecule has 0 aliphatic rings. The van der Waals surface area contributed by atoms with Crippen molar-refractivity contribution in [2.75, 3.05) is 24.3 Å². The van der Waals surface area contributed by atoms with Crippen LogP contribution in [0.15, 0.2) is 36.5 Å². The molecule has 1 N–H and O–H groups in total. The molecule has 1 amide bonds. The van der Waals surface area contributed by atoms with E-state index in [0.29, 0.717) is 17.1 Å². The highest BCUT2D eigenvalue weighted by Gasteiger charge is 2.17. The lowest BCUT2D eigenvalue weighted by molar-refractivity contribution is 0.0993. The van der Waals surface area contributed by atoms with Gasteiger partial charge in [-0.25, -0.2) is 9.37 Å². The van der Waals surface area contributed by atoms with E-state index in [0.717, 1.165) is 0 Å². The number of nitrogens with zero attached hydrogens (tertiary/aromatic N) is 2. The fourth-order valence-corrected chi connectivity index (χ4v) is 1.89. The van der Waals surface area contributed by atoms with E-state index in [1.165, 1.54) is 35.4 Å². The van der Waals surface area contributed by atoms with E-state index in [4.69, 9.17) is 11.6 Å². The summed E-state index contributed by atoms with van der Waals surface area (Å²) in [5.74, 6) is -0.0974. The molecule has 0 spiro atoms. The van der Waals surface area contributed by atoms with E-state index < -0.39 is 0 Å². The SMILES string of the molecule is CNc1cc(C(=O)N(C)c2ccc(F)cc2)c(Cl)cn1. The third-order valence-electron chi connectivity index (χ3n) is 2.86. The number of carbonyl (C=O) groups is 1. The van der Waals surface area contributed by atoms with Crippen LogP contribution in [0.3, 0.4) is 0 Å². The van der Waals surface area contributed by atoms with Crippen LogP contribution in [0.4, 0.5) is 15.9 Å². The molecular formula is C14H13ClFN3O. The van der Waals surface area contributed by atoms with E-state index >= 15 is 0 Å². The smallest absolute Gasteiger partial charge is 0.259 e. The molecule has 0 radical (unpaired) electrons. The second-order valence-corrected chi connectivity index (χ2v) is 4.55. The van der Waals surface area contributed by atoms with Crippen LogP contribution in [0.1, 0.15) is 10.4 Å². The zero-order valence-electron chi connectivity index (χ0n) is 11.0. The Kier molecular flexibility index (Phi) is 4.20. The third-order valence-corrected chi connectivity index (χ3v) is 3.16. The van der Waals surface area contributed by atoms with Gasteiger partial charge in [-0.05, 0) is 30.3 Å². The van der Waals surface area contributed by atoms with E-state index in [1.807, 2.05) is 0 Å². The van der Waals surface area contributed by atoms with Crippen LogP contribution in [0.5, 0.6) is 0 Å². The number of amides is 1. The van der Waals surface area contributed by atoms with Gasteiger partial charge in [0.2, 0.25) is 0 Å². The molecule has 0 aliphatic heterocycles. The molecule has 1 aromatic heterocycles. The number of halogens is 2. The number of nitrogens with one attached hydrogen (secondary N) is 1. The minimum absolute atomic E-state index is 0.267. The number of hydrogen-bond donors (Lipinski definition) is 1. The molecule has 0 fully saturated rings. The first kappa shape index (κ1) is 14.3. The minimum atomic E-state index is -0.353. The number of rotatable bonds is 3. The summed E-state index contributed by atoms with van der Waals surface area (Å²) in [6.45, 7) is 0. The predicted octanol–water partition coefficient (Wildman–Crippen LogP) is 3.19. The standard InChI is InChI=1S/C14H13ClFN3O/c1-17-13-7-11(12(15)8-18-13)14(20)19(2)10-5-3-9(16)4-6-10/h3-8H,1-2H3,(H,17,18). The number of hydrogen-bond acceptors (Lipinski definition) is 3. The average Bonchev–Trinajstić information content (AvgIpc) is 2.47. The second kappa shape index (κ2) is 5.88. The average molecular weight is 294 g/mol. The molecule has 2 aromatic rings. The first-order valence-electron chi connectivity index (χ1n) is 5.90. The fraction of sp³-hybridized carbons (Fsp3) is 0.143. The van der Waals surface area contributed by atoms with E-state index in [-0.39, 0.29) is 16.7 Å². The molecule has 0 unspecified atom stereocenters. The van der Waals surface area contributed by atoms with Crippen LogP contribution in [0, 0.1) is 5.82 Å². The summed E-state index contributed by atoms with van der Waals surface area (Å²) in [5.41, 5.74) is 0.910. The van der Waals surface area contributed by atoms with Crippen molar-refractivity contribution in [2.24, 2.45) is 0 Å². The van der Waals surface area contributed by atoms with Crippen LogP contribution in [0.25, 0.3) is 0 Å². The Hall–Kier alpha value is -2.14. The first-order valence-corrected chi connectivity index (χ1v) is 6.27. The lowest BCUT2D eigenvalue weighted by Crippen LogP contribution is -2.26. The van der Waals surface area contributed by atoms with E-state index in [2.05, 4.69) is 10.3 Å². The summed E-state index contributed by atoms with van der Waals surface area (Å²) < 4.78 is 12.9. The molecule has 0 saturated carbocycles. The van der Waals surface area contributed by atoms with Crippen molar-refractivity contribution < 1.29 is 9.18 Å². The topological polar surface area (TPSA) is 45.2 Å². The molecule has 4 nitrogen and oxygen atoms in total. The molecule has 104 valence electrons. The highest BCUT2D eigenvalue weighted by atomic mass is 35.5. The maximum Gasteiger partial charge on any atom is 0.259 e. The van der Waals surface area contributed by atoms with Gasteiger partial charge in [0.25, 0.3) is 5.91 Å². The van der Waals surface area contributed by atoms with Crippen molar-refractivity contribution in [3.05, 3.63) is 52.9 Å². The van der Waals surface area contributed by atoms with Gasteiger partial charge in [-0.15, -0.1) is 0 Å². The number of anilines is 2. The predicted molar refractivity (Wildman–Crippen MR) is 77.9 cm³/mol. The Morgan fingerprint density at radius 2 is 2.00 bits per heavy atom. The van der Waals surface area contributed by atoms with Crippen LogP contribution in [0.2, 0.25) is 5.02 Å². The van der Waals surface area contributed by atoms with Gasteiger partial charge in [0.05, 0.1) is 10.6 Å². The summed E-state index contributed by atoms with van der Waals surface area (Å²) in [6.07, 6.45) is 1.42. The number of benzene rings is 1. The van der Waals surface area contributed by atoms with Crippen molar-refractivity contribution >= 4 is 29.0 Å². The first-order chi connectivity index (χ1) is 9.52. The van der Waals surface area contributed by atoms with Gasteiger partial charge in [0.15, 0.2) is 0 Å². The lowest BCUT2D eigenvalue weighted by atomic mass is 10.2. The summed E-state index contributed by atoms with van der Waals surface area (Å²) in [7, 11) is 3.31. The molecule has 0 saturated heterocycles. The van der Waals surface area contributed by atoms with Crippen LogP contribution < -0.4 is 10.2 Å². The third kappa shape index (κ3) is 2.88. The van der Waals surface area contributed by atoms with Crippen molar-refractivity contribution in [3.8, 4) is 0 Å². The quantitative estimate of drug-likeness (QED) is 0.945. The number of carbonyl (C=O) groups excluding carboxylic acids is 1. The summed E-state index contributed by atoms with van der Waals surface area (Å²) in [4.78, 5) is 17.8. The van der Waals surface area contributed by atoms with E-state index in [9.17, 15) is 9.18 Å². The van der Waals surface area contributed by atoms with Gasteiger partial charge in [-0.2, -0.15) is 0 Å². The molecule has 0 atom stereocenters. The summed E-state index contributed by atoms with van der Waals surface area (Å²) >= 11 is 6.01. The van der Waals surface area contributed by atoms with Gasteiger partial charge in [-0.1, -0.05) is 11.6 Å². The van der Waals surface area contributed by atoms with Crippen molar-refractivity contribution in [3.63, 3.8) is 0 Å². The minimum Gasteiger partial charge on any atom is -0.373 e. The Labute approximate surface area is 121 Å². The zero-order valence-corrected chi connectivity index (χ0v) is 11.8. The van der Waals surface area contributed by atoms with Gasteiger partial charge in [-0.3, -0.25) is 4.79 Å². The van der Waals surface area contributed by atoms with Crippen LogP contribution in [-0.4, -0.2) is 25.0 Å². The summed E-state index contributed by atoms with van der Waals surface area (Å²) in [6, 6.07) is 7.23. The maximum atomic E-state index is 12.9. The lowest BCUT2D eigenvalue weighted by Gasteiger charge is -2.18. The molecule has 1 aromatic carbocycles. The monoisotopic (exact) mass is 293 g/mol. The number of aromatic nitrogens is 1. The van der Waals surface area contributed by atoms with Crippen LogP contribution in [-0.2, 0) is 0 Å². The molecule has 0 bridgehead atoms. The second-order valence-electron chi connectivity index (χ2n) is 4.14. The maximum absolute atomic E-state index is 12.9. The Balaban J connectivity index is 2.33. The normalized spacial score (nSPS) is 10.2. The summed E-state index contributed by atoms with van der Waals surface area (Å²) in [5, 5.41) is 3.11. The highest BCUT2D eigenvalue weighted by Crippen LogP contribution is 2.22. The highest BCUT2D eigenvalue weighted by molar-refractivity contribution is 6.34. The molecule has 2 rings (SSSR count). The molecule has 6 heteroatoms. The molecular weight excluding hydrogens is 281 g/mol. The Morgan fingerprint density at radius 1 is 1.35 bits per heavy atom. The van der Waals surface area contributed by atoms with Gasteiger partial charge in [0, 0.05) is 26.0 Å². The Morgan fingerprint density at radius 3 is 2.60 bits per heavy atom. The van der Waals surface area contributed by atoms with E-state index in [1.54, 1.807) is 20.2 Å². The van der Waals surface area contributed by atoms with Crippen molar-refractivity contribution in [1.29, 1.82) is 0 Å². The molecule has 1 heterocycles. The Bertz CT molecular complexity index is 631. The van der Waals surface area contributed by atoms with Crippen LogP contribution >= 0.6 is 11.6 Å². The van der Waals surface area contributed by atoms with Gasteiger partial charge < -0.3 is 10.2 Å².